The van der Waals surface area contributed by atoms with Gasteiger partial charge in [-0.15, -0.1) is 10.2 Å². The van der Waals surface area contributed by atoms with Crippen LogP contribution < -0.4 is 5.43 Å². The van der Waals surface area contributed by atoms with Gasteiger partial charge in [-0.05, 0) is 36.5 Å². The molecule has 0 aliphatic carbocycles. The van der Waals surface area contributed by atoms with Gasteiger partial charge in [-0.25, -0.2) is 5.43 Å². The molecule has 0 spiro atoms. The smallest absolute Gasteiger partial charge is 0.265 e. The Morgan fingerprint density at radius 1 is 1.11 bits per heavy atom. The number of H-pyrrole nitrogens is 1. The molecule has 4 aromatic rings. The lowest BCUT2D eigenvalue weighted by Gasteiger charge is -2.19. The summed E-state index contributed by atoms with van der Waals surface area (Å²) in [6, 6.07) is 11.9. The van der Waals surface area contributed by atoms with Gasteiger partial charge < -0.3 is 4.98 Å². The van der Waals surface area contributed by atoms with Crippen molar-refractivity contribution in [2.45, 2.75) is 34.1 Å². The first kappa shape index (κ1) is 18.0. The predicted octanol–water partition coefficient (Wildman–Crippen LogP) is 4.46. The molecule has 142 valence electrons. The predicted molar refractivity (Wildman–Crippen MR) is 112 cm³/mol. The SMILES string of the molecule is Cc1cccc2c1[nH]c1nc(N/N=C(/CC(C)(C)C)c3ccccn3)nnc12. The maximum Gasteiger partial charge on any atom is 0.265 e. The molecule has 2 N–H and O–H groups in total. The first-order chi connectivity index (χ1) is 13.4. The minimum atomic E-state index is 0.0653. The van der Waals surface area contributed by atoms with Crippen LogP contribution in [0.25, 0.3) is 22.1 Å². The van der Waals surface area contributed by atoms with Crippen molar-refractivity contribution in [1.29, 1.82) is 0 Å². The minimum Gasteiger partial charge on any atom is -0.337 e. The highest BCUT2D eigenvalue weighted by Gasteiger charge is 2.17. The van der Waals surface area contributed by atoms with Crippen LogP contribution in [-0.4, -0.2) is 30.9 Å². The number of anilines is 1. The molecule has 0 radical (unpaired) electrons. The van der Waals surface area contributed by atoms with E-state index in [0.717, 1.165) is 39.8 Å². The summed E-state index contributed by atoms with van der Waals surface area (Å²) in [5, 5.41) is 14.1. The van der Waals surface area contributed by atoms with E-state index in [2.05, 4.69) is 69.4 Å². The lowest BCUT2D eigenvalue weighted by Crippen LogP contribution is -2.17. The second-order valence-corrected chi connectivity index (χ2v) is 8.08. The Kier molecular flexibility index (Phi) is 4.50. The fourth-order valence-corrected chi connectivity index (χ4v) is 3.13. The van der Waals surface area contributed by atoms with Gasteiger partial charge in [-0.1, -0.05) is 45.0 Å². The number of nitrogens with zero attached hydrogens (tertiary/aromatic N) is 5. The van der Waals surface area contributed by atoms with Gasteiger partial charge in [0.2, 0.25) is 0 Å². The van der Waals surface area contributed by atoms with Crippen molar-refractivity contribution >= 4 is 33.7 Å². The molecule has 0 amide bonds. The third-order valence-electron chi connectivity index (χ3n) is 4.41. The van der Waals surface area contributed by atoms with Gasteiger partial charge in [-0.3, -0.25) is 4.98 Å². The Hall–Kier alpha value is -3.35. The Morgan fingerprint density at radius 2 is 1.96 bits per heavy atom. The van der Waals surface area contributed by atoms with E-state index < -0.39 is 0 Å². The van der Waals surface area contributed by atoms with Crippen molar-refractivity contribution in [2.24, 2.45) is 10.5 Å². The first-order valence-electron chi connectivity index (χ1n) is 9.26. The number of fused-ring (bicyclic) bond motifs is 3. The molecule has 0 aliphatic rings. The highest BCUT2D eigenvalue weighted by Crippen LogP contribution is 2.25. The zero-order valence-electron chi connectivity index (χ0n) is 16.5. The van der Waals surface area contributed by atoms with Crippen LogP contribution in [0.4, 0.5) is 5.95 Å². The van der Waals surface area contributed by atoms with E-state index >= 15 is 0 Å². The summed E-state index contributed by atoms with van der Waals surface area (Å²) in [5.74, 6) is 0.346. The van der Waals surface area contributed by atoms with Crippen molar-refractivity contribution in [3.05, 3.63) is 53.9 Å². The zero-order chi connectivity index (χ0) is 19.7. The Balaban J connectivity index is 1.69. The molecule has 28 heavy (non-hydrogen) atoms. The molecule has 0 bridgehead atoms. The van der Waals surface area contributed by atoms with E-state index in [0.29, 0.717) is 11.6 Å². The van der Waals surface area contributed by atoms with Gasteiger partial charge in [0.1, 0.15) is 5.52 Å². The average molecular weight is 373 g/mol. The van der Waals surface area contributed by atoms with Gasteiger partial charge >= 0.3 is 0 Å². The third kappa shape index (κ3) is 3.69. The molecule has 3 heterocycles. The normalized spacial score (nSPS) is 12.6. The molecule has 0 atom stereocenters. The van der Waals surface area contributed by atoms with Crippen LogP contribution in [0.2, 0.25) is 0 Å². The molecule has 3 aromatic heterocycles. The number of hydrogen-bond donors (Lipinski definition) is 2. The van der Waals surface area contributed by atoms with Crippen LogP contribution in [0, 0.1) is 12.3 Å². The standard InChI is InChI=1S/C21H23N7/c1-13-8-7-9-14-17(13)23-19-18(14)26-28-20(24-19)27-25-16(12-21(2,3)4)15-10-5-6-11-22-15/h5-11H,12H2,1-4H3,(H2,23,24,27,28)/b25-16-. The lowest BCUT2D eigenvalue weighted by molar-refractivity contribution is 0.433. The summed E-state index contributed by atoms with van der Waals surface area (Å²) >= 11 is 0. The highest BCUT2D eigenvalue weighted by atomic mass is 15.4. The van der Waals surface area contributed by atoms with Gasteiger partial charge in [0.05, 0.1) is 16.9 Å². The Morgan fingerprint density at radius 3 is 2.71 bits per heavy atom. The van der Waals surface area contributed by atoms with E-state index in [1.807, 2.05) is 30.3 Å². The molecular formula is C21H23N7. The minimum absolute atomic E-state index is 0.0653. The molecule has 7 nitrogen and oxygen atoms in total. The first-order valence-corrected chi connectivity index (χ1v) is 9.26. The summed E-state index contributed by atoms with van der Waals surface area (Å²) < 4.78 is 0. The van der Waals surface area contributed by atoms with E-state index in [9.17, 15) is 0 Å². The largest absolute Gasteiger partial charge is 0.337 e. The van der Waals surface area contributed by atoms with E-state index in [1.165, 1.54) is 0 Å². The number of benzene rings is 1. The molecule has 0 fully saturated rings. The summed E-state index contributed by atoms with van der Waals surface area (Å²) in [6.07, 6.45) is 2.53. The highest BCUT2D eigenvalue weighted by molar-refractivity contribution is 6.04. The zero-order valence-corrected chi connectivity index (χ0v) is 16.5. The number of rotatable bonds is 4. The number of hydrazone groups is 1. The van der Waals surface area contributed by atoms with E-state index in [-0.39, 0.29) is 5.41 Å². The fourth-order valence-electron chi connectivity index (χ4n) is 3.13. The van der Waals surface area contributed by atoms with E-state index in [4.69, 9.17) is 0 Å². The van der Waals surface area contributed by atoms with Crippen molar-refractivity contribution in [2.75, 3.05) is 5.43 Å². The summed E-state index contributed by atoms with van der Waals surface area (Å²) in [7, 11) is 0. The molecule has 1 aromatic carbocycles. The monoisotopic (exact) mass is 373 g/mol. The van der Waals surface area contributed by atoms with Gasteiger partial charge in [-0.2, -0.15) is 10.1 Å². The molecule has 0 unspecified atom stereocenters. The number of para-hydroxylation sites is 1. The number of nitrogens with one attached hydrogen (secondary N) is 2. The number of aryl methyl sites for hydroxylation is 1. The van der Waals surface area contributed by atoms with Crippen molar-refractivity contribution in [1.82, 2.24) is 25.1 Å². The molecule has 7 heteroatoms. The number of aromatic amines is 1. The van der Waals surface area contributed by atoms with Crippen LogP contribution in [0.1, 0.15) is 38.4 Å². The lowest BCUT2D eigenvalue weighted by atomic mass is 9.88. The maximum absolute atomic E-state index is 4.55. The molecule has 0 saturated heterocycles. The molecule has 0 saturated carbocycles. The van der Waals surface area contributed by atoms with Crippen LogP contribution in [-0.2, 0) is 0 Å². The molecule has 0 aliphatic heterocycles. The summed E-state index contributed by atoms with van der Waals surface area (Å²) in [6.45, 7) is 8.56. The number of pyridine rings is 1. The molecular weight excluding hydrogens is 350 g/mol. The Labute approximate surface area is 163 Å². The fraction of sp³-hybridized carbons (Fsp3) is 0.286. The Bertz CT molecular complexity index is 1150. The van der Waals surface area contributed by atoms with Crippen LogP contribution >= 0.6 is 0 Å². The summed E-state index contributed by atoms with van der Waals surface area (Å²) in [4.78, 5) is 12.3. The third-order valence-corrected chi connectivity index (χ3v) is 4.41. The second-order valence-electron chi connectivity index (χ2n) is 8.08. The second kappa shape index (κ2) is 6.99. The van der Waals surface area contributed by atoms with Gasteiger partial charge in [0.15, 0.2) is 5.65 Å². The van der Waals surface area contributed by atoms with Crippen molar-refractivity contribution < 1.29 is 0 Å². The van der Waals surface area contributed by atoms with Crippen LogP contribution in [0.15, 0.2) is 47.7 Å². The number of hydrogen-bond acceptors (Lipinski definition) is 6. The number of aromatic nitrogens is 5. The van der Waals surface area contributed by atoms with Gasteiger partial charge in [0, 0.05) is 11.6 Å². The maximum atomic E-state index is 4.55. The average Bonchev–Trinajstić information content (AvgIpc) is 3.04. The van der Waals surface area contributed by atoms with E-state index in [1.54, 1.807) is 6.20 Å². The topological polar surface area (TPSA) is 91.7 Å². The van der Waals surface area contributed by atoms with Crippen molar-refractivity contribution in [3.63, 3.8) is 0 Å². The van der Waals surface area contributed by atoms with Gasteiger partial charge in [0.25, 0.3) is 5.95 Å². The van der Waals surface area contributed by atoms with Crippen LogP contribution in [0.5, 0.6) is 0 Å². The summed E-state index contributed by atoms with van der Waals surface area (Å²) in [5.41, 5.74) is 8.33. The molecule has 4 rings (SSSR count). The quantitative estimate of drug-likeness (QED) is 0.407. The van der Waals surface area contributed by atoms with Crippen molar-refractivity contribution in [3.8, 4) is 0 Å². The van der Waals surface area contributed by atoms with Crippen LogP contribution in [0.3, 0.4) is 0 Å².